The smallest absolute Gasteiger partial charge is 0.309 e. The fourth-order valence-corrected chi connectivity index (χ4v) is 2.37. The third-order valence-electron chi connectivity index (χ3n) is 3.54. The molecule has 0 aromatic carbocycles. The molecule has 2 N–H and O–H groups in total. The molecule has 0 bridgehead atoms. The second-order valence-corrected chi connectivity index (χ2v) is 5.19. The summed E-state index contributed by atoms with van der Waals surface area (Å²) in [5.74, 6) is -0.361. The SMILES string of the molecule is COC(=O)C(C)CNCC1(O)CCCCCC1. The van der Waals surface area contributed by atoms with Crippen LogP contribution in [0.4, 0.5) is 0 Å². The summed E-state index contributed by atoms with van der Waals surface area (Å²) in [6, 6.07) is 0. The molecule has 1 fully saturated rings. The maximum Gasteiger partial charge on any atom is 0.309 e. The van der Waals surface area contributed by atoms with Gasteiger partial charge in [-0.1, -0.05) is 32.6 Å². The Balaban J connectivity index is 2.26. The van der Waals surface area contributed by atoms with E-state index in [-0.39, 0.29) is 11.9 Å². The van der Waals surface area contributed by atoms with Crippen molar-refractivity contribution in [3.8, 4) is 0 Å². The molecule has 0 aromatic rings. The normalized spacial score (nSPS) is 21.6. The van der Waals surface area contributed by atoms with E-state index >= 15 is 0 Å². The minimum absolute atomic E-state index is 0.158. The Kier molecular flexibility index (Phi) is 5.92. The van der Waals surface area contributed by atoms with Gasteiger partial charge in [0.15, 0.2) is 0 Å². The van der Waals surface area contributed by atoms with Crippen LogP contribution in [0, 0.1) is 5.92 Å². The van der Waals surface area contributed by atoms with Crippen molar-refractivity contribution in [1.29, 1.82) is 0 Å². The number of aliphatic hydroxyl groups is 1. The number of hydrogen-bond donors (Lipinski definition) is 2. The quantitative estimate of drug-likeness (QED) is 0.567. The van der Waals surface area contributed by atoms with Crippen molar-refractivity contribution >= 4 is 5.97 Å². The topological polar surface area (TPSA) is 58.6 Å². The first kappa shape index (κ1) is 14.5. The first-order valence-electron chi connectivity index (χ1n) is 6.58. The Morgan fingerprint density at radius 1 is 1.35 bits per heavy atom. The number of carbonyl (C=O) groups excluding carboxylic acids is 1. The fraction of sp³-hybridized carbons (Fsp3) is 0.923. The summed E-state index contributed by atoms with van der Waals surface area (Å²) < 4.78 is 4.66. The average molecular weight is 243 g/mol. The van der Waals surface area contributed by atoms with Crippen LogP contribution in [0.5, 0.6) is 0 Å². The molecule has 0 aliphatic heterocycles. The van der Waals surface area contributed by atoms with E-state index in [9.17, 15) is 9.90 Å². The summed E-state index contributed by atoms with van der Waals surface area (Å²) in [4.78, 5) is 11.2. The van der Waals surface area contributed by atoms with E-state index in [1.54, 1.807) is 0 Å². The van der Waals surface area contributed by atoms with Gasteiger partial charge in [-0.25, -0.2) is 0 Å². The van der Waals surface area contributed by atoms with E-state index < -0.39 is 5.60 Å². The van der Waals surface area contributed by atoms with Crippen molar-refractivity contribution in [1.82, 2.24) is 5.32 Å². The molecule has 4 heteroatoms. The zero-order valence-electron chi connectivity index (χ0n) is 11.0. The molecule has 4 nitrogen and oxygen atoms in total. The predicted octanol–water partition coefficient (Wildman–Crippen LogP) is 1.47. The van der Waals surface area contributed by atoms with Crippen LogP contribution in [-0.4, -0.2) is 36.9 Å². The van der Waals surface area contributed by atoms with Gasteiger partial charge in [0.2, 0.25) is 0 Å². The van der Waals surface area contributed by atoms with Gasteiger partial charge >= 0.3 is 5.97 Å². The number of rotatable bonds is 5. The van der Waals surface area contributed by atoms with Gasteiger partial charge in [0.05, 0.1) is 18.6 Å². The molecule has 1 aliphatic rings. The minimum Gasteiger partial charge on any atom is -0.469 e. The molecule has 1 unspecified atom stereocenters. The van der Waals surface area contributed by atoms with E-state index in [2.05, 4.69) is 10.1 Å². The fourth-order valence-electron chi connectivity index (χ4n) is 2.37. The highest BCUT2D eigenvalue weighted by Gasteiger charge is 2.27. The predicted molar refractivity (Wildman–Crippen MR) is 66.7 cm³/mol. The van der Waals surface area contributed by atoms with Gasteiger partial charge in [-0.2, -0.15) is 0 Å². The highest BCUT2D eigenvalue weighted by molar-refractivity contribution is 5.71. The minimum atomic E-state index is -0.577. The molecule has 0 radical (unpaired) electrons. The molecular formula is C13H25NO3. The highest BCUT2D eigenvalue weighted by Crippen LogP contribution is 2.26. The summed E-state index contributed by atoms with van der Waals surface area (Å²) in [5.41, 5.74) is -0.577. The van der Waals surface area contributed by atoms with Crippen LogP contribution in [-0.2, 0) is 9.53 Å². The highest BCUT2D eigenvalue weighted by atomic mass is 16.5. The molecule has 1 saturated carbocycles. The molecule has 0 aromatic heterocycles. The van der Waals surface area contributed by atoms with Gasteiger partial charge in [0.25, 0.3) is 0 Å². The molecule has 0 saturated heterocycles. The largest absolute Gasteiger partial charge is 0.469 e. The van der Waals surface area contributed by atoms with Gasteiger partial charge in [-0.05, 0) is 12.8 Å². The molecule has 0 spiro atoms. The van der Waals surface area contributed by atoms with Crippen molar-refractivity contribution in [3.63, 3.8) is 0 Å². The maximum absolute atomic E-state index is 11.2. The second-order valence-electron chi connectivity index (χ2n) is 5.19. The van der Waals surface area contributed by atoms with Crippen LogP contribution in [0.15, 0.2) is 0 Å². The third-order valence-corrected chi connectivity index (χ3v) is 3.54. The monoisotopic (exact) mass is 243 g/mol. The van der Waals surface area contributed by atoms with Gasteiger partial charge in [0, 0.05) is 13.1 Å². The van der Waals surface area contributed by atoms with Crippen LogP contribution < -0.4 is 5.32 Å². The lowest BCUT2D eigenvalue weighted by Crippen LogP contribution is -2.42. The molecule has 1 atom stereocenters. The Labute approximate surface area is 104 Å². The number of nitrogens with one attached hydrogen (secondary N) is 1. The Bertz CT molecular complexity index is 235. The molecule has 17 heavy (non-hydrogen) atoms. The lowest BCUT2D eigenvalue weighted by molar-refractivity contribution is -0.144. The van der Waals surface area contributed by atoms with Crippen molar-refractivity contribution < 1.29 is 14.6 Å². The van der Waals surface area contributed by atoms with Gasteiger partial charge in [0.1, 0.15) is 0 Å². The lowest BCUT2D eigenvalue weighted by Gasteiger charge is -2.27. The lowest BCUT2D eigenvalue weighted by atomic mass is 9.94. The van der Waals surface area contributed by atoms with Crippen LogP contribution in [0.2, 0.25) is 0 Å². The van der Waals surface area contributed by atoms with E-state index in [0.29, 0.717) is 13.1 Å². The second kappa shape index (κ2) is 6.97. The summed E-state index contributed by atoms with van der Waals surface area (Å²) in [5, 5.41) is 13.6. The van der Waals surface area contributed by atoms with E-state index in [0.717, 1.165) is 25.7 Å². The molecule has 0 heterocycles. The van der Waals surface area contributed by atoms with E-state index in [4.69, 9.17) is 0 Å². The number of carbonyl (C=O) groups is 1. The summed E-state index contributed by atoms with van der Waals surface area (Å²) in [6.07, 6.45) is 6.39. The first-order chi connectivity index (χ1) is 8.07. The zero-order valence-corrected chi connectivity index (χ0v) is 11.0. The third kappa shape index (κ3) is 5.04. The molecule has 1 rings (SSSR count). The van der Waals surface area contributed by atoms with Crippen LogP contribution in [0.3, 0.4) is 0 Å². The number of methoxy groups -OCH3 is 1. The van der Waals surface area contributed by atoms with E-state index in [1.807, 2.05) is 6.92 Å². The van der Waals surface area contributed by atoms with E-state index in [1.165, 1.54) is 20.0 Å². The first-order valence-corrected chi connectivity index (χ1v) is 6.58. The summed E-state index contributed by atoms with van der Waals surface area (Å²) >= 11 is 0. The summed E-state index contributed by atoms with van der Waals surface area (Å²) in [6.45, 7) is 2.97. The van der Waals surface area contributed by atoms with Crippen molar-refractivity contribution in [3.05, 3.63) is 0 Å². The van der Waals surface area contributed by atoms with Crippen molar-refractivity contribution in [2.24, 2.45) is 5.92 Å². The van der Waals surface area contributed by atoms with Crippen LogP contribution in [0.1, 0.15) is 45.4 Å². The Morgan fingerprint density at radius 2 is 1.94 bits per heavy atom. The molecule has 100 valence electrons. The van der Waals surface area contributed by atoms with Crippen LogP contribution >= 0.6 is 0 Å². The number of hydrogen-bond acceptors (Lipinski definition) is 4. The average Bonchev–Trinajstić information content (AvgIpc) is 2.53. The van der Waals surface area contributed by atoms with Crippen molar-refractivity contribution in [2.75, 3.05) is 20.2 Å². The summed E-state index contributed by atoms with van der Waals surface area (Å²) in [7, 11) is 1.40. The molecule has 1 aliphatic carbocycles. The van der Waals surface area contributed by atoms with Crippen molar-refractivity contribution in [2.45, 2.75) is 51.0 Å². The number of ether oxygens (including phenoxy) is 1. The Hall–Kier alpha value is -0.610. The Morgan fingerprint density at radius 3 is 2.47 bits per heavy atom. The standard InChI is InChI=1S/C13H25NO3/c1-11(12(15)17-2)9-14-10-13(16)7-5-3-4-6-8-13/h11,14,16H,3-10H2,1-2H3. The van der Waals surface area contributed by atoms with Gasteiger partial charge < -0.3 is 15.2 Å². The zero-order chi connectivity index (χ0) is 12.7. The van der Waals surface area contributed by atoms with Crippen LogP contribution in [0.25, 0.3) is 0 Å². The van der Waals surface area contributed by atoms with Gasteiger partial charge in [-0.15, -0.1) is 0 Å². The van der Waals surface area contributed by atoms with Gasteiger partial charge in [-0.3, -0.25) is 4.79 Å². The number of esters is 1. The molecule has 0 amide bonds. The maximum atomic E-state index is 11.2. The molecular weight excluding hydrogens is 218 g/mol.